The first-order chi connectivity index (χ1) is 8.58. The third-order valence-corrected chi connectivity index (χ3v) is 2.57. The molecule has 0 aliphatic carbocycles. The van der Waals surface area contributed by atoms with Crippen molar-refractivity contribution in [3.8, 4) is 0 Å². The van der Waals surface area contributed by atoms with Gasteiger partial charge in [-0.3, -0.25) is 10.1 Å². The second-order valence-electron chi connectivity index (χ2n) is 3.87. The third kappa shape index (κ3) is 2.40. The van der Waals surface area contributed by atoms with Gasteiger partial charge in [-0.1, -0.05) is 0 Å². The topological polar surface area (TPSA) is 82.3 Å². The van der Waals surface area contributed by atoms with Crippen LogP contribution >= 0.6 is 0 Å². The number of nitrogens with two attached hydrogens (primary N) is 1. The highest BCUT2D eigenvalue weighted by atomic mass is 16.6. The van der Waals surface area contributed by atoms with Crippen LogP contribution in [-0.2, 0) is 0 Å². The van der Waals surface area contributed by atoms with Crippen LogP contribution in [0.15, 0.2) is 34.9 Å². The van der Waals surface area contributed by atoms with Gasteiger partial charge in [0, 0.05) is 17.3 Å². The molecule has 2 N–H and O–H groups in total. The van der Waals surface area contributed by atoms with Crippen molar-refractivity contribution in [1.29, 1.82) is 0 Å². The Morgan fingerprint density at radius 3 is 2.78 bits per heavy atom. The van der Waals surface area contributed by atoms with Gasteiger partial charge in [0.25, 0.3) is 5.69 Å². The van der Waals surface area contributed by atoms with Crippen molar-refractivity contribution < 1.29 is 9.34 Å². The monoisotopic (exact) mass is 244 g/mol. The molecule has 92 valence electrons. The van der Waals surface area contributed by atoms with E-state index in [1.54, 1.807) is 37.5 Å². The lowest BCUT2D eigenvalue weighted by atomic mass is 10.1. The Kier molecular flexibility index (Phi) is 3.14. The number of anilines is 1. The second-order valence-corrected chi connectivity index (χ2v) is 3.87. The molecule has 1 heterocycles. The third-order valence-electron chi connectivity index (χ3n) is 2.57. The minimum atomic E-state index is -0.439. The fourth-order valence-corrected chi connectivity index (χ4v) is 1.63. The normalized spacial score (nSPS) is 10.9. The Hall–Kier alpha value is -2.56. The first-order valence-electron chi connectivity index (χ1n) is 5.34. The number of benzene rings is 1. The molecule has 0 aliphatic rings. The average molecular weight is 244 g/mol. The van der Waals surface area contributed by atoms with Gasteiger partial charge in [0.1, 0.15) is 5.76 Å². The van der Waals surface area contributed by atoms with Gasteiger partial charge in [-0.15, -0.1) is 0 Å². The van der Waals surface area contributed by atoms with E-state index in [2.05, 4.69) is 0 Å². The van der Waals surface area contributed by atoms with E-state index in [0.717, 1.165) is 5.56 Å². The Morgan fingerprint density at radius 1 is 1.39 bits per heavy atom. The Bertz CT molecular complexity index is 601. The molecule has 0 amide bonds. The molecule has 5 heteroatoms. The number of furan rings is 1. The van der Waals surface area contributed by atoms with E-state index in [1.165, 1.54) is 6.07 Å². The minimum Gasteiger partial charge on any atom is -0.465 e. The van der Waals surface area contributed by atoms with Gasteiger partial charge < -0.3 is 10.2 Å². The molecule has 0 unspecified atom stereocenters. The maximum absolute atomic E-state index is 10.7. The van der Waals surface area contributed by atoms with Crippen molar-refractivity contribution in [1.82, 2.24) is 0 Å². The predicted octanol–water partition coefficient (Wildman–Crippen LogP) is 3.25. The second kappa shape index (κ2) is 4.75. The highest BCUT2D eigenvalue weighted by Gasteiger charge is 2.12. The lowest BCUT2D eigenvalue weighted by Crippen LogP contribution is -1.96. The molecular weight excluding hydrogens is 232 g/mol. The standard InChI is InChI=1S/C13H12N2O3/c1-9-7-10(4-5-11-3-2-6-18-11)12(14)8-13(9)15(16)17/h2-8H,14H2,1H3. The number of rotatable bonds is 3. The van der Waals surface area contributed by atoms with Crippen molar-refractivity contribution in [3.63, 3.8) is 0 Å². The van der Waals surface area contributed by atoms with Gasteiger partial charge >= 0.3 is 0 Å². The molecule has 0 radical (unpaired) electrons. The summed E-state index contributed by atoms with van der Waals surface area (Å²) in [5.74, 6) is 0.699. The molecule has 18 heavy (non-hydrogen) atoms. The molecule has 0 bridgehead atoms. The molecule has 5 nitrogen and oxygen atoms in total. The lowest BCUT2D eigenvalue weighted by Gasteiger charge is -2.03. The van der Waals surface area contributed by atoms with E-state index in [1.807, 2.05) is 6.07 Å². The number of nitrogens with zero attached hydrogens (tertiary/aromatic N) is 1. The van der Waals surface area contributed by atoms with Gasteiger partial charge in [-0.2, -0.15) is 0 Å². The summed E-state index contributed by atoms with van der Waals surface area (Å²) >= 11 is 0. The van der Waals surface area contributed by atoms with Crippen LogP contribution in [0.1, 0.15) is 16.9 Å². The van der Waals surface area contributed by atoms with Crippen LogP contribution < -0.4 is 5.73 Å². The SMILES string of the molecule is Cc1cc(C=Cc2ccco2)c(N)cc1[N+](=O)[O-]. The Morgan fingerprint density at radius 2 is 2.17 bits per heavy atom. The molecule has 0 fully saturated rings. The molecule has 0 saturated heterocycles. The number of hydrogen-bond donors (Lipinski definition) is 1. The van der Waals surface area contributed by atoms with E-state index < -0.39 is 4.92 Å². The van der Waals surface area contributed by atoms with Gasteiger partial charge in [0.15, 0.2) is 0 Å². The van der Waals surface area contributed by atoms with Crippen LogP contribution in [0.2, 0.25) is 0 Å². The molecule has 1 aromatic carbocycles. The summed E-state index contributed by atoms with van der Waals surface area (Å²) in [5.41, 5.74) is 7.49. The van der Waals surface area contributed by atoms with Gasteiger partial charge in [-0.05, 0) is 42.8 Å². The number of nitrogen functional groups attached to an aromatic ring is 1. The molecule has 0 saturated carbocycles. The summed E-state index contributed by atoms with van der Waals surface area (Å²) in [6, 6.07) is 6.65. The highest BCUT2D eigenvalue weighted by molar-refractivity contribution is 5.76. The molecule has 1 aromatic heterocycles. The fourth-order valence-electron chi connectivity index (χ4n) is 1.63. The Labute approximate surface area is 104 Å². The predicted molar refractivity (Wildman–Crippen MR) is 69.9 cm³/mol. The number of hydrogen-bond acceptors (Lipinski definition) is 4. The summed E-state index contributed by atoms with van der Waals surface area (Å²) in [7, 11) is 0. The fraction of sp³-hybridized carbons (Fsp3) is 0.0769. The zero-order valence-corrected chi connectivity index (χ0v) is 9.79. The highest BCUT2D eigenvalue weighted by Crippen LogP contribution is 2.26. The van der Waals surface area contributed by atoms with Gasteiger partial charge in [0.2, 0.25) is 0 Å². The smallest absolute Gasteiger partial charge is 0.274 e. The van der Waals surface area contributed by atoms with Crippen molar-refractivity contribution >= 4 is 23.5 Å². The van der Waals surface area contributed by atoms with E-state index in [-0.39, 0.29) is 5.69 Å². The molecule has 0 spiro atoms. The van der Waals surface area contributed by atoms with E-state index in [0.29, 0.717) is 17.0 Å². The van der Waals surface area contributed by atoms with Gasteiger partial charge in [-0.25, -0.2) is 0 Å². The molecule has 0 atom stereocenters. The van der Waals surface area contributed by atoms with Crippen LogP contribution in [0.3, 0.4) is 0 Å². The van der Waals surface area contributed by atoms with Crippen LogP contribution in [0, 0.1) is 17.0 Å². The maximum Gasteiger partial charge on any atom is 0.274 e. The molecule has 2 aromatic rings. The number of nitro groups is 1. The van der Waals surface area contributed by atoms with Gasteiger partial charge in [0.05, 0.1) is 11.2 Å². The first-order valence-corrected chi connectivity index (χ1v) is 5.34. The molecular formula is C13H12N2O3. The summed E-state index contributed by atoms with van der Waals surface area (Å²) in [6.45, 7) is 1.68. The van der Waals surface area contributed by atoms with Crippen LogP contribution in [0.5, 0.6) is 0 Å². The number of aryl methyl sites for hydroxylation is 1. The molecule has 0 aliphatic heterocycles. The van der Waals surface area contributed by atoms with Crippen molar-refractivity contribution in [3.05, 3.63) is 57.5 Å². The maximum atomic E-state index is 10.7. The van der Waals surface area contributed by atoms with Crippen LogP contribution in [-0.4, -0.2) is 4.92 Å². The zero-order valence-electron chi connectivity index (χ0n) is 9.79. The van der Waals surface area contributed by atoms with E-state index in [9.17, 15) is 10.1 Å². The zero-order chi connectivity index (χ0) is 13.1. The molecule has 2 rings (SSSR count). The van der Waals surface area contributed by atoms with Crippen molar-refractivity contribution in [2.45, 2.75) is 6.92 Å². The average Bonchev–Trinajstić information content (AvgIpc) is 2.82. The number of nitro benzene ring substituents is 1. The summed E-state index contributed by atoms with van der Waals surface area (Å²) < 4.78 is 5.15. The van der Waals surface area contributed by atoms with Crippen molar-refractivity contribution in [2.75, 3.05) is 5.73 Å². The van der Waals surface area contributed by atoms with E-state index >= 15 is 0 Å². The van der Waals surface area contributed by atoms with Crippen LogP contribution in [0.4, 0.5) is 11.4 Å². The quantitative estimate of drug-likeness (QED) is 0.510. The van der Waals surface area contributed by atoms with Crippen molar-refractivity contribution in [2.24, 2.45) is 0 Å². The minimum absolute atomic E-state index is 0.0302. The largest absolute Gasteiger partial charge is 0.465 e. The lowest BCUT2D eigenvalue weighted by molar-refractivity contribution is -0.385. The first kappa shape index (κ1) is 11.9. The summed E-state index contributed by atoms with van der Waals surface area (Å²) in [6.07, 6.45) is 5.10. The summed E-state index contributed by atoms with van der Waals surface area (Å²) in [5, 5.41) is 10.7. The Balaban J connectivity index is 2.35. The van der Waals surface area contributed by atoms with Crippen LogP contribution in [0.25, 0.3) is 12.2 Å². The van der Waals surface area contributed by atoms with E-state index in [4.69, 9.17) is 10.2 Å². The summed E-state index contributed by atoms with van der Waals surface area (Å²) in [4.78, 5) is 10.3.